The summed E-state index contributed by atoms with van der Waals surface area (Å²) in [6.45, 7) is 1.65. The molecule has 6 heteroatoms. The number of halogens is 2. The lowest BCUT2D eigenvalue weighted by molar-refractivity contribution is -0.147. The summed E-state index contributed by atoms with van der Waals surface area (Å²) in [5.41, 5.74) is 0.0793. The SMILES string of the molecule is COC(=O)C1(c2cccc(F)c2C)CCC(Oc2cncc(F)c2)C1. The molecule has 1 aromatic heterocycles. The zero-order chi connectivity index (χ0) is 18.0. The van der Waals surface area contributed by atoms with E-state index in [1.165, 1.54) is 25.4 Å². The molecule has 0 saturated heterocycles. The average Bonchev–Trinajstić information content (AvgIpc) is 3.01. The van der Waals surface area contributed by atoms with Gasteiger partial charge in [-0.1, -0.05) is 12.1 Å². The van der Waals surface area contributed by atoms with Crippen molar-refractivity contribution < 1.29 is 23.0 Å². The summed E-state index contributed by atoms with van der Waals surface area (Å²) in [5, 5.41) is 0. The number of rotatable bonds is 4. The van der Waals surface area contributed by atoms with Crippen LogP contribution in [-0.4, -0.2) is 24.2 Å². The number of pyridine rings is 1. The summed E-state index contributed by atoms with van der Waals surface area (Å²) in [4.78, 5) is 16.3. The lowest BCUT2D eigenvalue weighted by Crippen LogP contribution is -2.36. The summed E-state index contributed by atoms with van der Waals surface area (Å²) in [6.07, 6.45) is 3.58. The monoisotopic (exact) mass is 347 g/mol. The summed E-state index contributed by atoms with van der Waals surface area (Å²) in [6, 6.07) is 5.96. The Hall–Kier alpha value is -2.50. The molecule has 1 aliphatic rings. The Morgan fingerprint density at radius 2 is 2.12 bits per heavy atom. The van der Waals surface area contributed by atoms with E-state index in [4.69, 9.17) is 9.47 Å². The van der Waals surface area contributed by atoms with Crippen LogP contribution in [0.15, 0.2) is 36.7 Å². The van der Waals surface area contributed by atoms with Crippen LogP contribution in [0.4, 0.5) is 8.78 Å². The number of benzene rings is 1. The Kier molecular flexibility index (Phi) is 4.70. The van der Waals surface area contributed by atoms with Gasteiger partial charge in [0.1, 0.15) is 23.5 Å². The van der Waals surface area contributed by atoms with Crippen molar-refractivity contribution in [1.29, 1.82) is 0 Å². The highest BCUT2D eigenvalue weighted by atomic mass is 19.1. The predicted molar refractivity (Wildman–Crippen MR) is 87.3 cm³/mol. The number of ether oxygens (including phenoxy) is 2. The Bertz CT molecular complexity index is 796. The Labute approximate surface area is 144 Å². The first-order chi connectivity index (χ1) is 12.0. The van der Waals surface area contributed by atoms with Gasteiger partial charge in [0.2, 0.25) is 0 Å². The van der Waals surface area contributed by atoms with Crippen LogP contribution in [0.2, 0.25) is 0 Å². The van der Waals surface area contributed by atoms with Crippen molar-refractivity contribution in [2.24, 2.45) is 0 Å². The largest absolute Gasteiger partial charge is 0.489 e. The number of carbonyl (C=O) groups is 1. The van der Waals surface area contributed by atoms with E-state index < -0.39 is 17.2 Å². The molecule has 3 rings (SSSR count). The van der Waals surface area contributed by atoms with Crippen LogP contribution in [0.5, 0.6) is 5.75 Å². The van der Waals surface area contributed by atoms with Gasteiger partial charge in [-0.05, 0) is 37.0 Å². The Balaban J connectivity index is 1.91. The van der Waals surface area contributed by atoms with Crippen LogP contribution >= 0.6 is 0 Å². The normalized spacial score (nSPS) is 22.6. The highest BCUT2D eigenvalue weighted by Crippen LogP contribution is 2.45. The molecule has 0 radical (unpaired) electrons. The number of esters is 1. The van der Waals surface area contributed by atoms with Gasteiger partial charge >= 0.3 is 5.97 Å². The first-order valence-electron chi connectivity index (χ1n) is 8.07. The van der Waals surface area contributed by atoms with E-state index >= 15 is 0 Å². The minimum atomic E-state index is -0.966. The molecule has 1 fully saturated rings. The lowest BCUT2D eigenvalue weighted by atomic mass is 9.76. The molecule has 0 amide bonds. The van der Waals surface area contributed by atoms with Crippen molar-refractivity contribution in [1.82, 2.24) is 4.98 Å². The van der Waals surface area contributed by atoms with Crippen molar-refractivity contribution in [3.63, 3.8) is 0 Å². The third kappa shape index (κ3) is 3.21. The minimum absolute atomic E-state index is 0.307. The first-order valence-corrected chi connectivity index (χ1v) is 8.07. The van der Waals surface area contributed by atoms with E-state index in [-0.39, 0.29) is 11.9 Å². The molecule has 0 N–H and O–H groups in total. The predicted octanol–water partition coefficient (Wildman–Crippen LogP) is 3.71. The van der Waals surface area contributed by atoms with Crippen LogP contribution in [-0.2, 0) is 14.9 Å². The van der Waals surface area contributed by atoms with Crippen LogP contribution in [0, 0.1) is 18.6 Å². The fourth-order valence-electron chi connectivity index (χ4n) is 3.61. The van der Waals surface area contributed by atoms with E-state index in [1.807, 2.05) is 0 Å². The fraction of sp³-hybridized carbons (Fsp3) is 0.368. The van der Waals surface area contributed by atoms with E-state index in [0.717, 1.165) is 6.20 Å². The molecule has 2 atom stereocenters. The molecule has 2 unspecified atom stereocenters. The Morgan fingerprint density at radius 1 is 1.32 bits per heavy atom. The van der Waals surface area contributed by atoms with Gasteiger partial charge < -0.3 is 9.47 Å². The highest BCUT2D eigenvalue weighted by molar-refractivity contribution is 5.84. The van der Waals surface area contributed by atoms with Crippen LogP contribution < -0.4 is 4.74 Å². The van der Waals surface area contributed by atoms with Gasteiger partial charge in [-0.2, -0.15) is 0 Å². The number of hydrogen-bond donors (Lipinski definition) is 0. The van der Waals surface area contributed by atoms with Crippen LogP contribution in [0.3, 0.4) is 0 Å². The molecule has 1 saturated carbocycles. The molecule has 0 aliphatic heterocycles. The molecule has 1 heterocycles. The summed E-state index contributed by atoms with van der Waals surface area (Å²) >= 11 is 0. The molecule has 0 bridgehead atoms. The van der Waals surface area contributed by atoms with Crippen molar-refractivity contribution in [2.45, 2.75) is 37.7 Å². The second-order valence-electron chi connectivity index (χ2n) is 6.31. The van der Waals surface area contributed by atoms with Crippen molar-refractivity contribution >= 4 is 5.97 Å². The van der Waals surface area contributed by atoms with Crippen molar-refractivity contribution in [2.75, 3.05) is 7.11 Å². The van der Waals surface area contributed by atoms with E-state index in [2.05, 4.69) is 4.98 Å². The van der Waals surface area contributed by atoms with Gasteiger partial charge in [-0.15, -0.1) is 0 Å². The van der Waals surface area contributed by atoms with E-state index in [1.54, 1.807) is 19.1 Å². The quantitative estimate of drug-likeness (QED) is 0.791. The smallest absolute Gasteiger partial charge is 0.316 e. The molecule has 1 aromatic carbocycles. The van der Waals surface area contributed by atoms with Gasteiger partial charge in [0, 0.05) is 12.5 Å². The third-order valence-electron chi connectivity index (χ3n) is 4.81. The zero-order valence-corrected chi connectivity index (χ0v) is 14.1. The molecule has 25 heavy (non-hydrogen) atoms. The summed E-state index contributed by atoms with van der Waals surface area (Å²) in [5.74, 6) is -0.957. The number of hydrogen-bond acceptors (Lipinski definition) is 4. The standard InChI is InChI=1S/C19H19F2NO3/c1-12-16(4-3-5-17(12)21)19(18(23)24-2)7-6-14(9-19)25-15-8-13(20)10-22-11-15/h3-5,8,10-11,14H,6-7,9H2,1-2H3. The lowest BCUT2D eigenvalue weighted by Gasteiger charge is -2.28. The maximum atomic E-state index is 14.0. The molecule has 1 aliphatic carbocycles. The van der Waals surface area contributed by atoms with Gasteiger partial charge in [0.15, 0.2) is 0 Å². The number of nitrogens with zero attached hydrogens (tertiary/aromatic N) is 1. The molecule has 2 aromatic rings. The maximum Gasteiger partial charge on any atom is 0.316 e. The van der Waals surface area contributed by atoms with Crippen LogP contribution in [0.25, 0.3) is 0 Å². The zero-order valence-electron chi connectivity index (χ0n) is 14.1. The Morgan fingerprint density at radius 3 is 2.84 bits per heavy atom. The van der Waals surface area contributed by atoms with Crippen molar-refractivity contribution in [3.05, 3.63) is 59.4 Å². The first kappa shape index (κ1) is 17.3. The average molecular weight is 347 g/mol. The second-order valence-corrected chi connectivity index (χ2v) is 6.31. The second kappa shape index (κ2) is 6.78. The summed E-state index contributed by atoms with van der Waals surface area (Å²) in [7, 11) is 1.32. The van der Waals surface area contributed by atoms with E-state index in [0.29, 0.717) is 36.1 Å². The molecular weight excluding hydrogens is 328 g/mol. The third-order valence-corrected chi connectivity index (χ3v) is 4.81. The number of aromatic nitrogens is 1. The minimum Gasteiger partial charge on any atom is -0.489 e. The topological polar surface area (TPSA) is 48.4 Å². The van der Waals surface area contributed by atoms with Crippen molar-refractivity contribution in [3.8, 4) is 5.75 Å². The van der Waals surface area contributed by atoms with Crippen LogP contribution in [0.1, 0.15) is 30.4 Å². The highest BCUT2D eigenvalue weighted by Gasteiger charge is 2.49. The maximum absolute atomic E-state index is 14.0. The molecular formula is C19H19F2NO3. The van der Waals surface area contributed by atoms with E-state index in [9.17, 15) is 13.6 Å². The molecule has 0 spiro atoms. The summed E-state index contributed by atoms with van der Waals surface area (Å²) < 4.78 is 38.1. The molecule has 132 valence electrons. The van der Waals surface area contributed by atoms with Gasteiger partial charge in [0.25, 0.3) is 0 Å². The van der Waals surface area contributed by atoms with Gasteiger partial charge in [-0.3, -0.25) is 9.78 Å². The van der Waals surface area contributed by atoms with Gasteiger partial charge in [-0.25, -0.2) is 8.78 Å². The number of methoxy groups -OCH3 is 1. The van der Waals surface area contributed by atoms with Gasteiger partial charge in [0.05, 0.1) is 24.9 Å². The fourth-order valence-corrected chi connectivity index (χ4v) is 3.61. The molecule has 4 nitrogen and oxygen atoms in total. The number of carbonyl (C=O) groups excluding carboxylic acids is 1.